The van der Waals surface area contributed by atoms with Crippen LogP contribution in [0.5, 0.6) is 0 Å². The first kappa shape index (κ1) is 15.5. The molecular formula is C16H22N2O3. The van der Waals surface area contributed by atoms with Crippen LogP contribution in [0.25, 0.3) is 0 Å². The highest BCUT2D eigenvalue weighted by Crippen LogP contribution is 2.05. The Bertz CT molecular complexity index is 479. The van der Waals surface area contributed by atoms with E-state index in [9.17, 15) is 9.59 Å². The van der Waals surface area contributed by atoms with Gasteiger partial charge in [-0.1, -0.05) is 31.2 Å². The van der Waals surface area contributed by atoms with Crippen LogP contribution in [0.3, 0.4) is 0 Å². The van der Waals surface area contributed by atoms with Crippen LogP contribution in [0.4, 0.5) is 0 Å². The Labute approximate surface area is 125 Å². The number of benzene rings is 1. The summed E-state index contributed by atoms with van der Waals surface area (Å²) in [6, 6.07) is 7.98. The molecule has 0 aliphatic carbocycles. The van der Waals surface area contributed by atoms with Crippen LogP contribution >= 0.6 is 0 Å². The van der Waals surface area contributed by atoms with E-state index < -0.39 is 0 Å². The number of carbonyl (C=O) groups is 2. The van der Waals surface area contributed by atoms with Gasteiger partial charge in [-0.25, -0.2) is 0 Å². The first-order valence-electron chi connectivity index (χ1n) is 7.39. The third kappa shape index (κ3) is 4.86. The lowest BCUT2D eigenvalue weighted by atomic mass is 10.1. The minimum Gasteiger partial charge on any atom is -0.378 e. The summed E-state index contributed by atoms with van der Waals surface area (Å²) in [6.45, 7) is 4.51. The maximum absolute atomic E-state index is 11.9. The number of hydrogen-bond donors (Lipinski definition) is 1. The van der Waals surface area contributed by atoms with E-state index in [0.717, 1.165) is 12.0 Å². The minimum atomic E-state index is -0.124. The normalized spacial score (nSPS) is 14.8. The lowest BCUT2D eigenvalue weighted by molar-refractivity contribution is -0.136. The van der Waals surface area contributed by atoms with Gasteiger partial charge in [-0.2, -0.15) is 0 Å². The number of nitrogens with one attached hydrogen (secondary N) is 1. The third-order valence-corrected chi connectivity index (χ3v) is 3.60. The summed E-state index contributed by atoms with van der Waals surface area (Å²) in [6.07, 6.45) is 1.29. The van der Waals surface area contributed by atoms with Crippen molar-refractivity contribution in [1.29, 1.82) is 0 Å². The van der Waals surface area contributed by atoms with Crippen LogP contribution in [-0.2, 0) is 27.2 Å². The second kappa shape index (κ2) is 7.78. The van der Waals surface area contributed by atoms with Crippen LogP contribution in [0, 0.1) is 0 Å². The van der Waals surface area contributed by atoms with E-state index in [1.807, 2.05) is 24.3 Å². The number of hydrogen-bond acceptors (Lipinski definition) is 3. The van der Waals surface area contributed by atoms with Crippen LogP contribution in [-0.4, -0.2) is 49.6 Å². The molecule has 2 rings (SSSR count). The largest absolute Gasteiger partial charge is 0.378 e. The highest BCUT2D eigenvalue weighted by Gasteiger charge is 2.17. The van der Waals surface area contributed by atoms with Gasteiger partial charge in [0, 0.05) is 13.1 Å². The Hall–Kier alpha value is -1.88. The second-order valence-electron chi connectivity index (χ2n) is 5.12. The van der Waals surface area contributed by atoms with Gasteiger partial charge >= 0.3 is 0 Å². The fourth-order valence-corrected chi connectivity index (χ4v) is 2.24. The van der Waals surface area contributed by atoms with E-state index in [1.165, 1.54) is 5.56 Å². The molecule has 0 radical (unpaired) electrons. The Kier molecular flexibility index (Phi) is 5.75. The average molecular weight is 290 g/mol. The Morgan fingerprint density at radius 2 is 1.76 bits per heavy atom. The first-order valence-corrected chi connectivity index (χ1v) is 7.39. The standard InChI is InChI=1S/C16H22N2O3/c1-2-13-3-5-14(6-4-13)11-15(19)17-12-16(20)18-7-9-21-10-8-18/h3-6H,2,7-12H2,1H3,(H,17,19). The van der Waals surface area contributed by atoms with Crippen molar-refractivity contribution in [2.75, 3.05) is 32.8 Å². The van der Waals surface area contributed by atoms with Crippen LogP contribution in [0.1, 0.15) is 18.1 Å². The molecule has 0 unspecified atom stereocenters. The van der Waals surface area contributed by atoms with Crippen LogP contribution < -0.4 is 5.32 Å². The highest BCUT2D eigenvalue weighted by molar-refractivity contribution is 5.85. The first-order chi connectivity index (χ1) is 10.2. The van der Waals surface area contributed by atoms with Gasteiger partial charge < -0.3 is 15.0 Å². The predicted molar refractivity (Wildman–Crippen MR) is 79.9 cm³/mol. The molecule has 1 N–H and O–H groups in total. The molecule has 1 fully saturated rings. The van der Waals surface area contributed by atoms with Gasteiger partial charge in [-0.3, -0.25) is 9.59 Å². The van der Waals surface area contributed by atoms with Crippen molar-refractivity contribution in [3.05, 3.63) is 35.4 Å². The number of amides is 2. The zero-order chi connectivity index (χ0) is 15.1. The van der Waals surface area contributed by atoms with E-state index in [-0.39, 0.29) is 18.4 Å². The van der Waals surface area contributed by atoms with Crippen molar-refractivity contribution in [3.63, 3.8) is 0 Å². The SMILES string of the molecule is CCc1ccc(CC(=O)NCC(=O)N2CCOCC2)cc1. The molecule has 0 atom stereocenters. The summed E-state index contributed by atoms with van der Waals surface area (Å²) in [5, 5.41) is 2.69. The van der Waals surface area contributed by atoms with Gasteiger partial charge in [0.2, 0.25) is 11.8 Å². The number of morpholine rings is 1. The Morgan fingerprint density at radius 1 is 1.14 bits per heavy atom. The number of rotatable bonds is 5. The summed E-state index contributed by atoms with van der Waals surface area (Å²) in [7, 11) is 0. The molecule has 1 heterocycles. The Morgan fingerprint density at radius 3 is 2.38 bits per heavy atom. The number of ether oxygens (including phenoxy) is 1. The molecular weight excluding hydrogens is 268 g/mol. The fraction of sp³-hybridized carbons (Fsp3) is 0.500. The van der Waals surface area contributed by atoms with E-state index in [4.69, 9.17) is 4.74 Å². The quantitative estimate of drug-likeness (QED) is 0.871. The Balaban J connectivity index is 1.74. The molecule has 21 heavy (non-hydrogen) atoms. The van der Waals surface area contributed by atoms with E-state index in [0.29, 0.717) is 32.7 Å². The van der Waals surface area contributed by atoms with Crippen molar-refractivity contribution in [2.45, 2.75) is 19.8 Å². The third-order valence-electron chi connectivity index (χ3n) is 3.60. The average Bonchev–Trinajstić information content (AvgIpc) is 2.54. The summed E-state index contributed by atoms with van der Waals surface area (Å²) >= 11 is 0. The summed E-state index contributed by atoms with van der Waals surface area (Å²) < 4.78 is 5.19. The van der Waals surface area contributed by atoms with Crippen molar-refractivity contribution < 1.29 is 14.3 Å². The summed E-state index contributed by atoms with van der Waals surface area (Å²) in [5.74, 6) is -0.172. The van der Waals surface area contributed by atoms with Crippen molar-refractivity contribution in [1.82, 2.24) is 10.2 Å². The maximum Gasteiger partial charge on any atom is 0.242 e. The van der Waals surface area contributed by atoms with E-state index >= 15 is 0 Å². The number of nitrogens with zero attached hydrogens (tertiary/aromatic N) is 1. The van der Waals surface area contributed by atoms with Gasteiger partial charge in [0.15, 0.2) is 0 Å². The zero-order valence-corrected chi connectivity index (χ0v) is 12.4. The molecule has 1 saturated heterocycles. The molecule has 2 amide bonds. The molecule has 0 aromatic heterocycles. The van der Waals surface area contributed by atoms with Crippen molar-refractivity contribution in [2.24, 2.45) is 0 Å². The minimum absolute atomic E-state index is 0.0482. The van der Waals surface area contributed by atoms with Crippen LogP contribution in [0.15, 0.2) is 24.3 Å². The maximum atomic E-state index is 11.9. The van der Waals surface area contributed by atoms with Gasteiger partial charge in [0.1, 0.15) is 0 Å². The molecule has 0 saturated carbocycles. The molecule has 1 aliphatic heterocycles. The predicted octanol–water partition coefficient (Wildman–Crippen LogP) is 0.766. The molecule has 1 aromatic rings. The molecule has 1 aromatic carbocycles. The van der Waals surface area contributed by atoms with E-state index in [2.05, 4.69) is 12.2 Å². The van der Waals surface area contributed by atoms with Gasteiger partial charge in [-0.15, -0.1) is 0 Å². The summed E-state index contributed by atoms with van der Waals surface area (Å²) in [4.78, 5) is 25.5. The molecule has 0 spiro atoms. The summed E-state index contributed by atoms with van der Waals surface area (Å²) in [5.41, 5.74) is 2.21. The molecule has 0 bridgehead atoms. The van der Waals surface area contributed by atoms with Crippen molar-refractivity contribution in [3.8, 4) is 0 Å². The zero-order valence-electron chi connectivity index (χ0n) is 12.4. The van der Waals surface area contributed by atoms with Gasteiger partial charge in [0.05, 0.1) is 26.2 Å². The van der Waals surface area contributed by atoms with Gasteiger partial charge in [-0.05, 0) is 17.5 Å². The monoisotopic (exact) mass is 290 g/mol. The topological polar surface area (TPSA) is 58.6 Å². The fourth-order valence-electron chi connectivity index (χ4n) is 2.24. The second-order valence-corrected chi connectivity index (χ2v) is 5.12. The highest BCUT2D eigenvalue weighted by atomic mass is 16.5. The van der Waals surface area contributed by atoms with Gasteiger partial charge in [0.25, 0.3) is 0 Å². The molecule has 114 valence electrons. The smallest absolute Gasteiger partial charge is 0.242 e. The van der Waals surface area contributed by atoms with Crippen molar-refractivity contribution >= 4 is 11.8 Å². The molecule has 5 nitrogen and oxygen atoms in total. The van der Waals surface area contributed by atoms with Crippen LogP contribution in [0.2, 0.25) is 0 Å². The van der Waals surface area contributed by atoms with E-state index in [1.54, 1.807) is 4.90 Å². The molecule has 1 aliphatic rings. The molecule has 5 heteroatoms. The lowest BCUT2D eigenvalue weighted by Gasteiger charge is -2.26. The lowest BCUT2D eigenvalue weighted by Crippen LogP contribution is -2.45. The number of carbonyl (C=O) groups excluding carboxylic acids is 2. The number of aryl methyl sites for hydroxylation is 1.